The van der Waals surface area contributed by atoms with Crippen LogP contribution in [-0.4, -0.2) is 21.8 Å². The minimum absolute atomic E-state index is 0.0345. The van der Waals surface area contributed by atoms with Crippen LogP contribution in [0.3, 0.4) is 0 Å². The fourth-order valence-corrected chi connectivity index (χ4v) is 1.71. The van der Waals surface area contributed by atoms with E-state index in [0.29, 0.717) is 5.56 Å². The van der Waals surface area contributed by atoms with Crippen LogP contribution in [0, 0.1) is 12.7 Å². The molecule has 6 nitrogen and oxygen atoms in total. The van der Waals surface area contributed by atoms with Crippen LogP contribution in [0.25, 0.3) is 0 Å². The lowest BCUT2D eigenvalue weighted by atomic mass is 10.1. The number of carbonyl (C=O) groups is 2. The van der Waals surface area contributed by atoms with Gasteiger partial charge in [-0.05, 0) is 24.1 Å². The number of nitrogens with one attached hydrogen (secondary N) is 1. The molecular formula is C14H13FN4O2. The second kappa shape index (κ2) is 6.08. The predicted octanol–water partition coefficient (Wildman–Crippen LogP) is 0.953. The maximum absolute atomic E-state index is 13.1. The molecule has 1 aromatic carbocycles. The van der Waals surface area contributed by atoms with Gasteiger partial charge in [-0.15, -0.1) is 0 Å². The molecule has 0 aliphatic carbocycles. The minimum Gasteiger partial charge on any atom is -0.364 e. The number of primary amides is 1. The van der Waals surface area contributed by atoms with Gasteiger partial charge in [0.1, 0.15) is 23.5 Å². The summed E-state index contributed by atoms with van der Waals surface area (Å²) in [6.07, 6.45) is 1.09. The van der Waals surface area contributed by atoms with Gasteiger partial charge in [0.2, 0.25) is 0 Å². The normalized spacial score (nSPS) is 10.2. The van der Waals surface area contributed by atoms with Gasteiger partial charge in [-0.1, -0.05) is 12.1 Å². The van der Waals surface area contributed by atoms with Gasteiger partial charge < -0.3 is 11.1 Å². The lowest BCUT2D eigenvalue weighted by molar-refractivity contribution is 0.0945. The third kappa shape index (κ3) is 3.59. The highest BCUT2D eigenvalue weighted by Crippen LogP contribution is 2.09. The topological polar surface area (TPSA) is 98.0 Å². The van der Waals surface area contributed by atoms with E-state index < -0.39 is 11.8 Å². The van der Waals surface area contributed by atoms with Crippen molar-refractivity contribution in [1.82, 2.24) is 15.3 Å². The number of aryl methyl sites for hydroxylation is 1. The molecule has 21 heavy (non-hydrogen) atoms. The Bertz CT molecular complexity index is 703. The standard InChI is InChI=1S/C14H13FN4O2/c1-8-4-9(2-3-10(8)15)6-17-14(21)12-5-11(13(16)20)18-7-19-12/h2-5,7H,6H2,1H3,(H2,16,20)(H,17,21). The molecule has 1 aromatic heterocycles. The zero-order valence-electron chi connectivity index (χ0n) is 11.3. The Kier molecular flexibility index (Phi) is 4.22. The highest BCUT2D eigenvalue weighted by molar-refractivity contribution is 5.96. The summed E-state index contributed by atoms with van der Waals surface area (Å²) in [5, 5.41) is 2.62. The number of amides is 2. The van der Waals surface area contributed by atoms with E-state index in [-0.39, 0.29) is 23.7 Å². The molecular weight excluding hydrogens is 275 g/mol. The second-order valence-corrected chi connectivity index (χ2v) is 4.42. The highest BCUT2D eigenvalue weighted by Gasteiger charge is 2.11. The first-order valence-corrected chi connectivity index (χ1v) is 6.12. The van der Waals surface area contributed by atoms with Crippen molar-refractivity contribution in [2.24, 2.45) is 5.73 Å². The molecule has 0 bridgehead atoms. The maximum atomic E-state index is 13.1. The fraction of sp³-hybridized carbons (Fsp3) is 0.143. The van der Waals surface area contributed by atoms with Crippen LogP contribution in [0.2, 0.25) is 0 Å². The van der Waals surface area contributed by atoms with Crippen molar-refractivity contribution in [2.45, 2.75) is 13.5 Å². The second-order valence-electron chi connectivity index (χ2n) is 4.42. The molecule has 2 rings (SSSR count). The molecule has 0 atom stereocenters. The van der Waals surface area contributed by atoms with Gasteiger partial charge in [-0.25, -0.2) is 14.4 Å². The van der Waals surface area contributed by atoms with Gasteiger partial charge in [0, 0.05) is 12.6 Å². The van der Waals surface area contributed by atoms with Crippen molar-refractivity contribution in [3.8, 4) is 0 Å². The van der Waals surface area contributed by atoms with Crippen molar-refractivity contribution in [1.29, 1.82) is 0 Å². The van der Waals surface area contributed by atoms with Crippen molar-refractivity contribution >= 4 is 11.8 Å². The summed E-state index contributed by atoms with van der Waals surface area (Å²) in [5.74, 6) is -1.51. The molecule has 0 spiro atoms. The molecule has 0 radical (unpaired) electrons. The van der Waals surface area contributed by atoms with E-state index in [1.165, 1.54) is 12.1 Å². The predicted molar refractivity (Wildman–Crippen MR) is 72.9 cm³/mol. The SMILES string of the molecule is Cc1cc(CNC(=O)c2cc(C(N)=O)ncn2)ccc1F. The Hall–Kier alpha value is -2.83. The van der Waals surface area contributed by atoms with Crippen LogP contribution in [0.15, 0.2) is 30.6 Å². The van der Waals surface area contributed by atoms with Crippen molar-refractivity contribution in [3.63, 3.8) is 0 Å². The lowest BCUT2D eigenvalue weighted by Gasteiger charge is -2.06. The van der Waals surface area contributed by atoms with E-state index in [9.17, 15) is 14.0 Å². The summed E-state index contributed by atoms with van der Waals surface area (Å²) in [4.78, 5) is 30.3. The molecule has 0 fully saturated rings. The number of nitrogens with two attached hydrogens (primary N) is 1. The summed E-state index contributed by atoms with van der Waals surface area (Å²) in [6.45, 7) is 1.86. The minimum atomic E-state index is -0.736. The van der Waals surface area contributed by atoms with Gasteiger partial charge in [-0.2, -0.15) is 0 Å². The number of nitrogens with zero attached hydrogens (tertiary/aromatic N) is 2. The van der Waals surface area contributed by atoms with Crippen LogP contribution in [0.5, 0.6) is 0 Å². The van der Waals surface area contributed by atoms with Crippen LogP contribution in [0.1, 0.15) is 32.1 Å². The van der Waals surface area contributed by atoms with Gasteiger partial charge in [0.05, 0.1) is 0 Å². The third-order valence-corrected chi connectivity index (χ3v) is 2.83. The molecule has 0 aliphatic heterocycles. The Morgan fingerprint density at radius 1 is 1.24 bits per heavy atom. The van der Waals surface area contributed by atoms with E-state index in [1.54, 1.807) is 19.1 Å². The molecule has 108 valence electrons. The fourth-order valence-electron chi connectivity index (χ4n) is 1.71. The van der Waals surface area contributed by atoms with E-state index in [1.807, 2.05) is 0 Å². The van der Waals surface area contributed by atoms with Crippen LogP contribution < -0.4 is 11.1 Å². The summed E-state index contributed by atoms with van der Waals surface area (Å²) < 4.78 is 13.1. The molecule has 3 N–H and O–H groups in total. The van der Waals surface area contributed by atoms with Crippen LogP contribution in [-0.2, 0) is 6.54 Å². The molecule has 0 unspecified atom stereocenters. The molecule has 1 heterocycles. The summed E-state index contributed by atoms with van der Waals surface area (Å²) in [5.41, 5.74) is 6.34. The van der Waals surface area contributed by atoms with E-state index in [0.717, 1.165) is 11.9 Å². The van der Waals surface area contributed by atoms with Gasteiger partial charge >= 0.3 is 0 Å². The van der Waals surface area contributed by atoms with Gasteiger partial charge in [-0.3, -0.25) is 9.59 Å². The van der Waals surface area contributed by atoms with E-state index in [4.69, 9.17) is 5.73 Å². The number of halogens is 1. The Morgan fingerprint density at radius 2 is 1.95 bits per heavy atom. The molecule has 2 aromatic rings. The van der Waals surface area contributed by atoms with Crippen molar-refractivity contribution in [2.75, 3.05) is 0 Å². The monoisotopic (exact) mass is 288 g/mol. The first-order valence-electron chi connectivity index (χ1n) is 6.12. The summed E-state index contributed by atoms with van der Waals surface area (Å²) in [7, 11) is 0. The number of benzene rings is 1. The smallest absolute Gasteiger partial charge is 0.270 e. The van der Waals surface area contributed by atoms with Gasteiger partial charge in [0.15, 0.2) is 0 Å². The molecule has 0 saturated heterocycles. The Labute approximate surface area is 120 Å². The Morgan fingerprint density at radius 3 is 2.62 bits per heavy atom. The van der Waals surface area contributed by atoms with E-state index >= 15 is 0 Å². The molecule has 7 heteroatoms. The van der Waals surface area contributed by atoms with E-state index in [2.05, 4.69) is 15.3 Å². The zero-order valence-corrected chi connectivity index (χ0v) is 11.3. The van der Waals surface area contributed by atoms with Crippen molar-refractivity contribution in [3.05, 3.63) is 58.9 Å². The van der Waals surface area contributed by atoms with Crippen LogP contribution in [0.4, 0.5) is 4.39 Å². The highest BCUT2D eigenvalue weighted by atomic mass is 19.1. The zero-order chi connectivity index (χ0) is 15.4. The third-order valence-electron chi connectivity index (χ3n) is 2.83. The number of aromatic nitrogens is 2. The average Bonchev–Trinajstić information content (AvgIpc) is 2.48. The average molecular weight is 288 g/mol. The number of rotatable bonds is 4. The quantitative estimate of drug-likeness (QED) is 0.875. The number of hydrogen-bond donors (Lipinski definition) is 2. The summed E-state index contributed by atoms with van der Waals surface area (Å²) in [6, 6.07) is 5.78. The van der Waals surface area contributed by atoms with Gasteiger partial charge in [0.25, 0.3) is 11.8 Å². The number of carbonyl (C=O) groups excluding carboxylic acids is 2. The largest absolute Gasteiger partial charge is 0.364 e. The Balaban J connectivity index is 2.06. The lowest BCUT2D eigenvalue weighted by Crippen LogP contribution is -2.25. The molecule has 0 saturated carbocycles. The molecule has 2 amide bonds. The first kappa shape index (κ1) is 14.6. The first-order chi connectivity index (χ1) is 9.97. The number of hydrogen-bond acceptors (Lipinski definition) is 4. The van der Waals surface area contributed by atoms with Crippen molar-refractivity contribution < 1.29 is 14.0 Å². The summed E-state index contributed by atoms with van der Waals surface area (Å²) >= 11 is 0. The maximum Gasteiger partial charge on any atom is 0.270 e. The molecule has 0 aliphatic rings. The van der Waals surface area contributed by atoms with Crippen LogP contribution >= 0.6 is 0 Å².